The van der Waals surface area contributed by atoms with Crippen molar-refractivity contribution in [1.29, 1.82) is 0 Å². The predicted molar refractivity (Wildman–Crippen MR) is 78.6 cm³/mol. The van der Waals surface area contributed by atoms with Crippen LogP contribution in [0.15, 0.2) is 51.7 Å². The summed E-state index contributed by atoms with van der Waals surface area (Å²) in [6.45, 7) is 1.38. The van der Waals surface area contributed by atoms with Crippen molar-refractivity contribution in [2.24, 2.45) is 0 Å². The first-order chi connectivity index (χ1) is 8.66. The van der Waals surface area contributed by atoms with Gasteiger partial charge >= 0.3 is 0 Å². The molecule has 5 heteroatoms. The van der Waals surface area contributed by atoms with Crippen LogP contribution >= 0.6 is 31.9 Å². The van der Waals surface area contributed by atoms with Crippen LogP contribution in [0.2, 0.25) is 0 Å². The largest absolute Gasteiger partial charge is 0.353 e. The fourth-order valence-electron chi connectivity index (χ4n) is 1.59. The Kier molecular flexibility index (Phi) is 4.60. The Morgan fingerprint density at radius 1 is 1.22 bits per heavy atom. The second-order valence-electron chi connectivity index (χ2n) is 3.80. The Hall–Kier alpha value is -1.07. The lowest BCUT2D eigenvalue weighted by atomic mass is 10.2. The van der Waals surface area contributed by atoms with Gasteiger partial charge in [-0.2, -0.15) is 0 Å². The molecule has 0 spiro atoms. The smallest absolute Gasteiger partial charge is 0.252 e. The summed E-state index contributed by atoms with van der Waals surface area (Å²) < 4.78 is 3.75. The first-order valence-corrected chi connectivity index (χ1v) is 7.09. The molecule has 3 nitrogen and oxygen atoms in total. The monoisotopic (exact) mass is 370 g/mol. The van der Waals surface area contributed by atoms with Crippen LogP contribution < -0.4 is 5.32 Å². The van der Waals surface area contributed by atoms with Gasteiger partial charge in [0, 0.05) is 34.4 Å². The summed E-state index contributed by atoms with van der Waals surface area (Å²) >= 11 is 6.74. The number of halogens is 2. The van der Waals surface area contributed by atoms with E-state index in [0.29, 0.717) is 12.1 Å². The quantitative estimate of drug-likeness (QED) is 0.877. The summed E-state index contributed by atoms with van der Waals surface area (Å²) in [6, 6.07) is 9.44. The molecule has 1 heterocycles. The van der Waals surface area contributed by atoms with Crippen molar-refractivity contribution in [3.63, 3.8) is 0 Å². The summed E-state index contributed by atoms with van der Waals surface area (Å²) in [5.74, 6) is -0.0680. The van der Waals surface area contributed by atoms with Crippen molar-refractivity contribution in [2.45, 2.75) is 6.54 Å². The molecule has 2 rings (SSSR count). The van der Waals surface area contributed by atoms with Gasteiger partial charge in [0.25, 0.3) is 5.91 Å². The van der Waals surface area contributed by atoms with Crippen molar-refractivity contribution >= 4 is 37.8 Å². The molecular weight excluding hydrogens is 360 g/mol. The molecule has 0 aliphatic rings. The van der Waals surface area contributed by atoms with Gasteiger partial charge in [0.05, 0.1) is 5.56 Å². The maximum atomic E-state index is 11.9. The average molecular weight is 372 g/mol. The minimum Gasteiger partial charge on any atom is -0.353 e. The Bertz CT molecular complexity index is 538. The number of hydrogen-bond acceptors (Lipinski definition) is 1. The molecule has 0 bridgehead atoms. The van der Waals surface area contributed by atoms with Crippen molar-refractivity contribution in [2.75, 3.05) is 6.54 Å². The third kappa shape index (κ3) is 3.46. The molecule has 1 amide bonds. The zero-order valence-electron chi connectivity index (χ0n) is 9.57. The summed E-state index contributed by atoms with van der Waals surface area (Å²) in [5, 5.41) is 2.89. The number of carbonyl (C=O) groups is 1. The standard InChI is InChI=1S/C13H12Br2N2O/c14-10-3-4-11(12(15)9-10)13(18)16-5-8-17-6-1-2-7-17/h1-4,6-7,9H,5,8H2,(H,16,18). The fraction of sp³-hybridized carbons (Fsp3) is 0.154. The van der Waals surface area contributed by atoms with Gasteiger partial charge in [-0.3, -0.25) is 4.79 Å². The maximum absolute atomic E-state index is 11.9. The molecule has 0 radical (unpaired) electrons. The summed E-state index contributed by atoms with van der Waals surface area (Å²) in [5.41, 5.74) is 0.644. The first-order valence-electron chi connectivity index (χ1n) is 5.51. The highest BCUT2D eigenvalue weighted by atomic mass is 79.9. The number of carbonyl (C=O) groups excluding carboxylic acids is 1. The van der Waals surface area contributed by atoms with Gasteiger partial charge < -0.3 is 9.88 Å². The van der Waals surface area contributed by atoms with E-state index in [1.54, 1.807) is 6.07 Å². The van der Waals surface area contributed by atoms with Crippen LogP contribution in [0.25, 0.3) is 0 Å². The normalized spacial score (nSPS) is 10.3. The third-order valence-corrected chi connectivity index (χ3v) is 3.65. The Morgan fingerprint density at radius 3 is 2.61 bits per heavy atom. The molecule has 0 aliphatic heterocycles. The van der Waals surface area contributed by atoms with Crippen molar-refractivity contribution < 1.29 is 4.79 Å². The summed E-state index contributed by atoms with van der Waals surface area (Å²) in [6.07, 6.45) is 3.95. The Balaban J connectivity index is 1.91. The molecule has 1 aromatic heterocycles. The minimum absolute atomic E-state index is 0.0680. The molecule has 0 saturated carbocycles. The van der Waals surface area contributed by atoms with Gasteiger partial charge in [-0.05, 0) is 46.3 Å². The number of nitrogens with zero attached hydrogens (tertiary/aromatic N) is 1. The topological polar surface area (TPSA) is 34.0 Å². The van der Waals surface area contributed by atoms with E-state index in [0.717, 1.165) is 15.5 Å². The lowest BCUT2D eigenvalue weighted by Gasteiger charge is -2.08. The molecular formula is C13H12Br2N2O. The zero-order chi connectivity index (χ0) is 13.0. The summed E-state index contributed by atoms with van der Waals surface area (Å²) in [7, 11) is 0. The highest BCUT2D eigenvalue weighted by molar-refractivity contribution is 9.11. The number of amides is 1. The van der Waals surface area contributed by atoms with Crippen LogP contribution in [0.3, 0.4) is 0 Å². The number of benzene rings is 1. The van der Waals surface area contributed by atoms with Crippen molar-refractivity contribution in [3.8, 4) is 0 Å². The van der Waals surface area contributed by atoms with E-state index < -0.39 is 0 Å². The first kappa shape index (κ1) is 13.4. The van der Waals surface area contributed by atoms with E-state index in [9.17, 15) is 4.79 Å². The Morgan fingerprint density at radius 2 is 1.94 bits per heavy atom. The van der Waals surface area contributed by atoms with Crippen LogP contribution in [0.1, 0.15) is 10.4 Å². The molecule has 18 heavy (non-hydrogen) atoms. The minimum atomic E-state index is -0.0680. The molecule has 1 aromatic carbocycles. The van der Waals surface area contributed by atoms with Gasteiger partial charge in [0.15, 0.2) is 0 Å². The van der Waals surface area contributed by atoms with E-state index in [2.05, 4.69) is 37.2 Å². The fourth-order valence-corrected chi connectivity index (χ4v) is 2.81. The van der Waals surface area contributed by atoms with Crippen LogP contribution in [-0.2, 0) is 6.54 Å². The van der Waals surface area contributed by atoms with Crippen LogP contribution in [0, 0.1) is 0 Å². The van der Waals surface area contributed by atoms with Crippen molar-refractivity contribution in [3.05, 3.63) is 57.2 Å². The summed E-state index contributed by atoms with van der Waals surface area (Å²) in [4.78, 5) is 11.9. The second-order valence-corrected chi connectivity index (χ2v) is 5.57. The molecule has 0 atom stereocenters. The molecule has 2 aromatic rings. The highest BCUT2D eigenvalue weighted by Crippen LogP contribution is 2.21. The van der Waals surface area contributed by atoms with Gasteiger partial charge in [-0.25, -0.2) is 0 Å². The SMILES string of the molecule is O=C(NCCn1cccc1)c1ccc(Br)cc1Br. The van der Waals surface area contributed by atoms with Gasteiger partial charge in [0.1, 0.15) is 0 Å². The van der Waals surface area contributed by atoms with Crippen LogP contribution in [0.4, 0.5) is 0 Å². The average Bonchev–Trinajstić information content (AvgIpc) is 2.81. The van der Waals surface area contributed by atoms with E-state index in [-0.39, 0.29) is 5.91 Å². The van der Waals surface area contributed by atoms with E-state index in [1.807, 2.05) is 41.2 Å². The van der Waals surface area contributed by atoms with E-state index >= 15 is 0 Å². The molecule has 1 N–H and O–H groups in total. The molecule has 94 valence electrons. The van der Waals surface area contributed by atoms with E-state index in [1.165, 1.54) is 0 Å². The lowest BCUT2D eigenvalue weighted by Crippen LogP contribution is -2.27. The Labute approximate surface area is 122 Å². The zero-order valence-corrected chi connectivity index (χ0v) is 12.7. The third-order valence-electron chi connectivity index (χ3n) is 2.50. The second kappa shape index (κ2) is 6.20. The lowest BCUT2D eigenvalue weighted by molar-refractivity contribution is 0.0951. The number of aromatic nitrogens is 1. The van der Waals surface area contributed by atoms with Crippen LogP contribution in [0.5, 0.6) is 0 Å². The van der Waals surface area contributed by atoms with Crippen molar-refractivity contribution in [1.82, 2.24) is 9.88 Å². The number of rotatable bonds is 4. The molecule has 0 aliphatic carbocycles. The van der Waals surface area contributed by atoms with Crippen LogP contribution in [-0.4, -0.2) is 17.0 Å². The van der Waals surface area contributed by atoms with E-state index in [4.69, 9.17) is 0 Å². The molecule has 0 fully saturated rings. The highest BCUT2D eigenvalue weighted by Gasteiger charge is 2.09. The number of hydrogen-bond donors (Lipinski definition) is 1. The number of nitrogens with one attached hydrogen (secondary N) is 1. The molecule has 0 saturated heterocycles. The maximum Gasteiger partial charge on any atom is 0.252 e. The molecule has 0 unspecified atom stereocenters. The van der Waals surface area contributed by atoms with Gasteiger partial charge in [-0.1, -0.05) is 15.9 Å². The van der Waals surface area contributed by atoms with Gasteiger partial charge in [0.2, 0.25) is 0 Å². The van der Waals surface area contributed by atoms with Gasteiger partial charge in [-0.15, -0.1) is 0 Å². The predicted octanol–water partition coefficient (Wildman–Crippen LogP) is 3.44.